The van der Waals surface area contributed by atoms with Gasteiger partial charge in [0, 0.05) is 0 Å². The molecule has 184 valence electrons. The highest BCUT2D eigenvalue weighted by atomic mass is 79.9. The van der Waals surface area contributed by atoms with E-state index in [1.165, 1.54) is 0 Å². The number of methoxy groups -OCH3 is 2. The van der Waals surface area contributed by atoms with Crippen LogP contribution >= 0.6 is 15.9 Å². The van der Waals surface area contributed by atoms with Crippen LogP contribution in [0, 0.1) is 0 Å². The Morgan fingerprint density at radius 3 is 2.33 bits per heavy atom. The van der Waals surface area contributed by atoms with Crippen molar-refractivity contribution in [3.05, 3.63) is 107 Å². The topological polar surface area (TPSA) is 57.2 Å². The second-order valence-electron chi connectivity index (χ2n) is 8.65. The molecule has 6 heteroatoms. The van der Waals surface area contributed by atoms with Gasteiger partial charge in [0.2, 0.25) is 0 Å². The highest BCUT2D eigenvalue weighted by molar-refractivity contribution is 9.09. The second-order valence-corrected chi connectivity index (χ2v) is 9.64. The molecule has 4 aromatic carbocycles. The molecule has 2 atom stereocenters. The first-order valence-electron chi connectivity index (χ1n) is 11.8. The van der Waals surface area contributed by atoms with E-state index in [1.807, 2.05) is 84.9 Å². The van der Waals surface area contributed by atoms with Crippen molar-refractivity contribution in [1.29, 1.82) is 0 Å². The van der Waals surface area contributed by atoms with Gasteiger partial charge in [-0.2, -0.15) is 0 Å². The summed E-state index contributed by atoms with van der Waals surface area (Å²) in [5.41, 5.74) is 3.83. The first-order valence-corrected chi connectivity index (χ1v) is 12.7. The fourth-order valence-electron chi connectivity index (χ4n) is 4.30. The summed E-state index contributed by atoms with van der Waals surface area (Å²) in [4.78, 5) is -0.321. The molecule has 0 amide bonds. The van der Waals surface area contributed by atoms with E-state index in [2.05, 4.69) is 15.9 Å². The van der Waals surface area contributed by atoms with Crippen LogP contribution in [-0.2, 0) is 12.8 Å². The minimum absolute atomic E-state index is 0.321. The molecule has 36 heavy (non-hydrogen) atoms. The van der Waals surface area contributed by atoms with Gasteiger partial charge in [-0.15, -0.1) is 0 Å². The molecule has 5 nitrogen and oxygen atoms in total. The Morgan fingerprint density at radius 1 is 0.750 bits per heavy atom. The van der Waals surface area contributed by atoms with Gasteiger partial charge in [-0.3, -0.25) is 0 Å². The lowest BCUT2D eigenvalue weighted by atomic mass is 10.0. The summed E-state index contributed by atoms with van der Waals surface area (Å²) in [6.45, 7) is 0. The van der Waals surface area contributed by atoms with Crippen molar-refractivity contribution in [3.8, 4) is 34.5 Å². The van der Waals surface area contributed by atoms with Crippen molar-refractivity contribution >= 4 is 15.9 Å². The van der Waals surface area contributed by atoms with Gasteiger partial charge in [0.1, 0.15) is 23.0 Å². The van der Waals surface area contributed by atoms with Gasteiger partial charge in [0.05, 0.1) is 25.2 Å². The molecular weight excluding hydrogens is 520 g/mol. The second kappa shape index (κ2) is 10.6. The molecule has 6 bridgehead atoms. The third kappa shape index (κ3) is 5.20. The predicted octanol–water partition coefficient (Wildman–Crippen LogP) is 7.56. The van der Waals surface area contributed by atoms with Gasteiger partial charge in [0.15, 0.2) is 11.5 Å². The van der Waals surface area contributed by atoms with E-state index in [0.717, 1.165) is 46.6 Å². The number of hydrogen-bond donors (Lipinski definition) is 1. The van der Waals surface area contributed by atoms with Crippen molar-refractivity contribution in [2.45, 2.75) is 23.8 Å². The van der Waals surface area contributed by atoms with E-state index in [9.17, 15) is 5.11 Å². The summed E-state index contributed by atoms with van der Waals surface area (Å²) in [6, 6.07) is 27.0. The summed E-state index contributed by atoms with van der Waals surface area (Å²) in [7, 11) is 3.29. The van der Waals surface area contributed by atoms with Gasteiger partial charge in [-0.25, -0.2) is 0 Å². The maximum Gasteiger partial charge on any atom is 0.169 e. The highest BCUT2D eigenvalue weighted by Gasteiger charge is 2.21. The van der Waals surface area contributed by atoms with Gasteiger partial charge >= 0.3 is 0 Å². The average Bonchev–Trinajstić information content (AvgIpc) is 2.92. The smallest absolute Gasteiger partial charge is 0.169 e. The molecule has 6 rings (SSSR count). The Hall–Kier alpha value is -3.48. The lowest BCUT2D eigenvalue weighted by molar-refractivity contribution is 0.177. The molecule has 0 saturated heterocycles. The van der Waals surface area contributed by atoms with Gasteiger partial charge in [-0.05, 0) is 89.7 Å². The van der Waals surface area contributed by atoms with Crippen LogP contribution in [0.1, 0.15) is 33.2 Å². The molecule has 2 heterocycles. The maximum absolute atomic E-state index is 11.1. The monoisotopic (exact) mass is 546 g/mol. The van der Waals surface area contributed by atoms with Crippen molar-refractivity contribution in [2.24, 2.45) is 0 Å². The van der Waals surface area contributed by atoms with Crippen molar-refractivity contribution < 1.29 is 24.1 Å². The van der Waals surface area contributed by atoms with Crippen LogP contribution in [0.5, 0.6) is 34.5 Å². The van der Waals surface area contributed by atoms with Gasteiger partial charge in [0.25, 0.3) is 0 Å². The molecule has 2 aliphatic rings. The summed E-state index contributed by atoms with van der Waals surface area (Å²) in [5.74, 6) is 4.20. The van der Waals surface area contributed by atoms with E-state index < -0.39 is 6.10 Å². The summed E-state index contributed by atoms with van der Waals surface area (Å²) >= 11 is 3.68. The normalized spacial score (nSPS) is 17.1. The fraction of sp³-hybridized carbons (Fsp3) is 0.200. The number of aliphatic hydroxyl groups is 1. The number of fused-ring (bicyclic) bond motifs is 4. The number of aryl methyl sites for hydroxylation is 2. The minimum atomic E-state index is -0.761. The largest absolute Gasteiger partial charge is 0.497 e. The Labute approximate surface area is 219 Å². The number of alkyl halides is 1. The number of ether oxygens (including phenoxy) is 4. The molecule has 2 unspecified atom stereocenters. The zero-order chi connectivity index (χ0) is 25.1. The number of aliphatic hydroxyl groups excluding tert-OH is 1. The molecule has 0 radical (unpaired) electrons. The maximum atomic E-state index is 11.1. The van der Waals surface area contributed by atoms with Crippen molar-refractivity contribution in [1.82, 2.24) is 0 Å². The molecule has 0 saturated carbocycles. The summed E-state index contributed by atoms with van der Waals surface area (Å²) in [5, 5.41) is 11.1. The van der Waals surface area contributed by atoms with Gasteiger partial charge < -0.3 is 24.1 Å². The first kappa shape index (κ1) is 24.2. The van der Waals surface area contributed by atoms with Crippen LogP contribution < -0.4 is 18.9 Å². The molecule has 0 spiro atoms. The minimum Gasteiger partial charge on any atom is -0.497 e. The lowest BCUT2D eigenvalue weighted by Crippen LogP contribution is -2.05. The van der Waals surface area contributed by atoms with Crippen LogP contribution in [0.4, 0.5) is 0 Å². The summed E-state index contributed by atoms with van der Waals surface area (Å²) in [6.07, 6.45) is 0.757. The van der Waals surface area contributed by atoms with Crippen LogP contribution in [0.15, 0.2) is 84.9 Å². The predicted molar refractivity (Wildman–Crippen MR) is 143 cm³/mol. The van der Waals surface area contributed by atoms with Crippen LogP contribution in [0.25, 0.3) is 0 Å². The van der Waals surface area contributed by atoms with E-state index in [4.69, 9.17) is 18.9 Å². The standard InChI is InChI=1S/C30H27BrO5/c1-33-24-13-15-26-21(17-24)8-6-19-7-14-27(34-2)28(16-19)35-23-11-9-20(10-12-23)30(32)29(31)22-4-3-5-25(18-22)36-26/h3-5,7,9-18,29-30,32H,6,8H2,1-2H3. The lowest BCUT2D eigenvalue weighted by Gasteiger charge is -2.20. The Balaban J connectivity index is 1.59. The van der Waals surface area contributed by atoms with Gasteiger partial charge in [-0.1, -0.05) is 46.3 Å². The van der Waals surface area contributed by atoms with Crippen LogP contribution in [0.2, 0.25) is 0 Å². The third-order valence-electron chi connectivity index (χ3n) is 6.31. The zero-order valence-corrected chi connectivity index (χ0v) is 21.7. The Morgan fingerprint density at radius 2 is 1.56 bits per heavy atom. The van der Waals surface area contributed by atoms with E-state index in [-0.39, 0.29) is 4.83 Å². The molecule has 0 aromatic heterocycles. The number of rotatable bonds is 2. The van der Waals surface area contributed by atoms with E-state index in [1.54, 1.807) is 14.2 Å². The summed E-state index contributed by atoms with van der Waals surface area (Å²) < 4.78 is 23.5. The Bertz CT molecular complexity index is 1350. The molecule has 1 N–H and O–H groups in total. The van der Waals surface area contributed by atoms with Crippen LogP contribution in [0.3, 0.4) is 0 Å². The zero-order valence-electron chi connectivity index (χ0n) is 20.1. The number of halogens is 1. The van der Waals surface area contributed by atoms with Crippen LogP contribution in [-0.4, -0.2) is 19.3 Å². The molecular formula is C30H27BrO5. The van der Waals surface area contributed by atoms with Crippen molar-refractivity contribution in [3.63, 3.8) is 0 Å². The Kier molecular flexibility index (Phi) is 7.16. The highest BCUT2D eigenvalue weighted by Crippen LogP contribution is 2.40. The average molecular weight is 547 g/mol. The third-order valence-corrected chi connectivity index (χ3v) is 7.34. The van der Waals surface area contributed by atoms with E-state index >= 15 is 0 Å². The molecule has 4 aromatic rings. The number of hydrogen-bond acceptors (Lipinski definition) is 5. The molecule has 0 fully saturated rings. The quantitative estimate of drug-likeness (QED) is 0.263. The molecule has 0 aliphatic carbocycles. The number of benzene rings is 4. The van der Waals surface area contributed by atoms with Crippen molar-refractivity contribution in [2.75, 3.05) is 14.2 Å². The SMILES string of the molecule is COc1ccc2c(c1)CCc1ccc(OC)c(c1)Oc1ccc(cc1)C(O)C(Br)c1cccc(c1)O2. The first-order chi connectivity index (χ1) is 17.5. The molecule has 2 aliphatic heterocycles. The van der Waals surface area contributed by atoms with E-state index in [0.29, 0.717) is 23.0 Å². The fourth-order valence-corrected chi connectivity index (χ4v) is 4.89.